The molecule has 6 heteroatoms. The summed E-state index contributed by atoms with van der Waals surface area (Å²) >= 11 is 0. The maximum atomic E-state index is 12.1. The van der Waals surface area contributed by atoms with Gasteiger partial charge in [0, 0.05) is 6.42 Å². The number of rotatable bonds is 10. The molecule has 0 aliphatic carbocycles. The molecule has 126 valence electrons. The van der Waals surface area contributed by atoms with Gasteiger partial charge in [-0.3, -0.25) is 9.59 Å². The third-order valence-corrected chi connectivity index (χ3v) is 3.96. The lowest BCUT2D eigenvalue weighted by molar-refractivity contribution is -0.145. The number of nitrogens with one attached hydrogen (secondary N) is 2. The maximum Gasteiger partial charge on any atom is 0.328 e. The molecule has 2 atom stereocenters. The Kier molecular flexibility index (Phi) is 8.55. The summed E-state index contributed by atoms with van der Waals surface area (Å²) in [6.45, 7) is 2.17. The second-order valence-corrected chi connectivity index (χ2v) is 5.80. The lowest BCUT2D eigenvalue weighted by Gasteiger charge is -2.18. The van der Waals surface area contributed by atoms with E-state index < -0.39 is 18.1 Å². The molecule has 1 aliphatic heterocycles. The van der Waals surface area contributed by atoms with E-state index in [0.717, 1.165) is 19.3 Å². The van der Waals surface area contributed by atoms with E-state index in [1.165, 1.54) is 26.4 Å². The molecule has 1 heterocycles. The number of esters is 1. The van der Waals surface area contributed by atoms with Crippen LogP contribution >= 0.6 is 0 Å². The van der Waals surface area contributed by atoms with E-state index in [2.05, 4.69) is 17.6 Å². The summed E-state index contributed by atoms with van der Waals surface area (Å²) in [5, 5.41) is 5.31. The van der Waals surface area contributed by atoms with Gasteiger partial charge in [-0.15, -0.1) is 0 Å². The van der Waals surface area contributed by atoms with Crippen LogP contribution in [0.5, 0.6) is 0 Å². The van der Waals surface area contributed by atoms with Crippen LogP contribution in [0, 0.1) is 0 Å². The van der Waals surface area contributed by atoms with Gasteiger partial charge in [0.05, 0.1) is 7.11 Å². The smallest absolute Gasteiger partial charge is 0.328 e. The van der Waals surface area contributed by atoms with Crippen molar-refractivity contribution in [3.63, 3.8) is 0 Å². The Labute approximate surface area is 132 Å². The van der Waals surface area contributed by atoms with Crippen molar-refractivity contribution in [2.24, 2.45) is 0 Å². The zero-order valence-electron chi connectivity index (χ0n) is 13.7. The number of hydrogen-bond donors (Lipinski definition) is 2. The fourth-order valence-corrected chi connectivity index (χ4v) is 2.60. The Morgan fingerprint density at radius 3 is 2.55 bits per heavy atom. The van der Waals surface area contributed by atoms with Gasteiger partial charge in [-0.25, -0.2) is 4.79 Å². The summed E-state index contributed by atoms with van der Waals surface area (Å²) in [6.07, 6.45) is 8.13. The number of carbonyl (C=O) groups excluding carboxylic acids is 3. The third kappa shape index (κ3) is 6.45. The third-order valence-electron chi connectivity index (χ3n) is 3.96. The number of unbranched alkanes of at least 4 members (excludes halogenated alkanes) is 5. The largest absolute Gasteiger partial charge is 0.467 e. The van der Waals surface area contributed by atoms with Crippen molar-refractivity contribution in [2.75, 3.05) is 7.11 Å². The molecule has 2 amide bonds. The fraction of sp³-hybridized carbons (Fsp3) is 0.812. The van der Waals surface area contributed by atoms with Crippen LogP contribution in [-0.4, -0.2) is 37.0 Å². The molecule has 1 fully saturated rings. The predicted octanol–water partition coefficient (Wildman–Crippen LogP) is 1.67. The molecule has 0 saturated carbocycles. The van der Waals surface area contributed by atoms with Crippen LogP contribution in [-0.2, 0) is 19.1 Å². The molecule has 1 aliphatic rings. The molecule has 1 saturated heterocycles. The quantitative estimate of drug-likeness (QED) is 0.475. The highest BCUT2D eigenvalue weighted by atomic mass is 16.5. The van der Waals surface area contributed by atoms with E-state index >= 15 is 0 Å². The van der Waals surface area contributed by atoms with E-state index in [1.54, 1.807) is 0 Å². The van der Waals surface area contributed by atoms with Crippen molar-refractivity contribution in [3.05, 3.63) is 0 Å². The lowest BCUT2D eigenvalue weighted by Crippen LogP contribution is -2.49. The van der Waals surface area contributed by atoms with Crippen LogP contribution in [0.1, 0.15) is 64.7 Å². The number of ether oxygens (including phenoxy) is 1. The van der Waals surface area contributed by atoms with Crippen LogP contribution in [0.25, 0.3) is 0 Å². The first kappa shape index (κ1) is 18.5. The molecule has 1 rings (SSSR count). The average molecular weight is 312 g/mol. The summed E-state index contributed by atoms with van der Waals surface area (Å²) in [7, 11) is 1.32. The SMILES string of the molecule is CCCCCCCC[C@H](NC(=O)[C@H]1CCC(=O)N1)C(=O)OC. The second-order valence-electron chi connectivity index (χ2n) is 5.80. The molecular weight excluding hydrogens is 284 g/mol. The molecule has 6 nitrogen and oxygen atoms in total. The van der Waals surface area contributed by atoms with E-state index in [-0.39, 0.29) is 11.8 Å². The summed E-state index contributed by atoms with van der Waals surface area (Å²) < 4.78 is 4.75. The van der Waals surface area contributed by atoms with Gasteiger partial charge >= 0.3 is 5.97 Å². The summed E-state index contributed by atoms with van der Waals surface area (Å²) in [5.74, 6) is -0.843. The van der Waals surface area contributed by atoms with Crippen LogP contribution in [0.3, 0.4) is 0 Å². The zero-order valence-corrected chi connectivity index (χ0v) is 13.7. The highest BCUT2D eigenvalue weighted by Gasteiger charge is 2.30. The van der Waals surface area contributed by atoms with E-state index in [9.17, 15) is 14.4 Å². The normalized spacial score (nSPS) is 18.6. The van der Waals surface area contributed by atoms with E-state index in [0.29, 0.717) is 19.3 Å². The summed E-state index contributed by atoms with van der Waals surface area (Å²) in [6, 6.07) is -1.15. The van der Waals surface area contributed by atoms with Crippen molar-refractivity contribution in [1.82, 2.24) is 10.6 Å². The first-order valence-corrected chi connectivity index (χ1v) is 8.26. The molecule has 22 heavy (non-hydrogen) atoms. The lowest BCUT2D eigenvalue weighted by atomic mass is 10.1. The van der Waals surface area contributed by atoms with Crippen LogP contribution in [0.15, 0.2) is 0 Å². The van der Waals surface area contributed by atoms with Crippen molar-refractivity contribution in [2.45, 2.75) is 76.8 Å². The number of carbonyl (C=O) groups is 3. The van der Waals surface area contributed by atoms with Crippen LogP contribution < -0.4 is 10.6 Å². The van der Waals surface area contributed by atoms with Gasteiger partial charge < -0.3 is 15.4 Å². The fourth-order valence-electron chi connectivity index (χ4n) is 2.60. The van der Waals surface area contributed by atoms with E-state index in [4.69, 9.17) is 4.74 Å². The van der Waals surface area contributed by atoms with Crippen molar-refractivity contribution >= 4 is 17.8 Å². The summed E-state index contributed by atoms with van der Waals surface area (Å²) in [4.78, 5) is 35.0. The van der Waals surface area contributed by atoms with Gasteiger partial charge in [-0.2, -0.15) is 0 Å². The first-order valence-electron chi connectivity index (χ1n) is 8.26. The van der Waals surface area contributed by atoms with Gasteiger partial charge in [0.25, 0.3) is 0 Å². The molecule has 2 N–H and O–H groups in total. The Bertz CT molecular complexity index is 384. The molecule has 0 aromatic heterocycles. The highest BCUT2D eigenvalue weighted by molar-refractivity contribution is 5.93. The molecule has 0 aromatic rings. The second kappa shape index (κ2) is 10.2. The minimum Gasteiger partial charge on any atom is -0.467 e. The standard InChI is InChI=1S/C16H28N2O4/c1-3-4-5-6-7-8-9-13(16(21)22-2)18-15(20)12-10-11-14(19)17-12/h12-13H,3-11H2,1-2H3,(H,17,19)(H,18,20)/t12-,13+/m1/s1. The van der Waals surface area contributed by atoms with Crippen molar-refractivity contribution in [3.8, 4) is 0 Å². The van der Waals surface area contributed by atoms with Crippen LogP contribution in [0.2, 0.25) is 0 Å². The van der Waals surface area contributed by atoms with Gasteiger partial charge in [-0.1, -0.05) is 45.4 Å². The minimum atomic E-state index is -0.624. The molecule has 0 aromatic carbocycles. The molecule has 0 bridgehead atoms. The Hall–Kier alpha value is -1.59. The molecule has 0 spiro atoms. The predicted molar refractivity (Wildman–Crippen MR) is 83.1 cm³/mol. The number of amides is 2. The molecular formula is C16H28N2O4. The zero-order chi connectivity index (χ0) is 16.4. The molecule has 0 radical (unpaired) electrons. The van der Waals surface area contributed by atoms with Gasteiger partial charge in [0.15, 0.2) is 0 Å². The molecule has 0 unspecified atom stereocenters. The van der Waals surface area contributed by atoms with Crippen LogP contribution in [0.4, 0.5) is 0 Å². The average Bonchev–Trinajstić information content (AvgIpc) is 2.95. The number of methoxy groups -OCH3 is 1. The topological polar surface area (TPSA) is 84.5 Å². The van der Waals surface area contributed by atoms with Crippen molar-refractivity contribution in [1.29, 1.82) is 0 Å². The highest BCUT2D eigenvalue weighted by Crippen LogP contribution is 2.11. The van der Waals surface area contributed by atoms with E-state index in [1.807, 2.05) is 0 Å². The van der Waals surface area contributed by atoms with Gasteiger partial charge in [0.1, 0.15) is 12.1 Å². The van der Waals surface area contributed by atoms with Crippen molar-refractivity contribution < 1.29 is 19.1 Å². The first-order chi connectivity index (χ1) is 10.6. The van der Waals surface area contributed by atoms with Gasteiger partial charge in [0.2, 0.25) is 11.8 Å². The Morgan fingerprint density at radius 2 is 1.95 bits per heavy atom. The monoisotopic (exact) mass is 312 g/mol. The Balaban J connectivity index is 2.35. The maximum absolute atomic E-state index is 12.1. The van der Waals surface area contributed by atoms with Gasteiger partial charge in [-0.05, 0) is 12.8 Å². The number of hydrogen-bond acceptors (Lipinski definition) is 4. The minimum absolute atomic E-state index is 0.120. The Morgan fingerprint density at radius 1 is 1.27 bits per heavy atom. The summed E-state index contributed by atoms with van der Waals surface area (Å²) in [5.41, 5.74) is 0.